The topological polar surface area (TPSA) is 110 Å². The molecule has 1 aromatic rings. The van der Waals surface area contributed by atoms with E-state index in [1.54, 1.807) is 0 Å². The third-order valence-electron chi connectivity index (χ3n) is 3.46. The van der Waals surface area contributed by atoms with Crippen molar-refractivity contribution < 1.29 is 17.8 Å². The predicted molar refractivity (Wildman–Crippen MR) is 77.6 cm³/mol. The third-order valence-corrected chi connectivity index (χ3v) is 4.31. The fourth-order valence-electron chi connectivity index (χ4n) is 2.33. The minimum Gasteiger partial charge on any atom is -0.328 e. The van der Waals surface area contributed by atoms with Crippen molar-refractivity contribution in [1.82, 2.24) is 0 Å². The summed E-state index contributed by atoms with van der Waals surface area (Å²) in [5, 5.41) is 0.826. The first-order valence-electron chi connectivity index (χ1n) is 6.84. The molecule has 2 aliphatic rings. The lowest BCUT2D eigenvalue weighted by atomic mass is 9.97. The molecule has 0 radical (unpaired) electrons. The molecule has 3 rings (SSSR count). The lowest BCUT2D eigenvalue weighted by molar-refractivity contribution is -0.112. The Morgan fingerprint density at radius 3 is 2.38 bits per heavy atom. The molecule has 1 aliphatic heterocycles. The number of nitrogens with zero attached hydrogens (tertiary/aromatic N) is 1. The van der Waals surface area contributed by atoms with E-state index < -0.39 is 16.0 Å². The summed E-state index contributed by atoms with van der Waals surface area (Å²) in [7, 11) is -4.21. The van der Waals surface area contributed by atoms with E-state index in [0.29, 0.717) is 16.6 Å². The zero-order valence-electron chi connectivity index (χ0n) is 11.5. The summed E-state index contributed by atoms with van der Waals surface area (Å²) in [6, 6.07) is 4.32. The van der Waals surface area contributed by atoms with Gasteiger partial charge in [0.25, 0.3) is 16.0 Å². The van der Waals surface area contributed by atoms with E-state index in [2.05, 4.69) is 4.99 Å². The van der Waals surface area contributed by atoms with Crippen LogP contribution in [-0.2, 0) is 14.9 Å². The average Bonchev–Trinajstić information content (AvgIpc) is 2.78. The van der Waals surface area contributed by atoms with E-state index in [1.807, 2.05) is 0 Å². The molecule has 1 amide bonds. The van der Waals surface area contributed by atoms with E-state index >= 15 is 0 Å². The number of carbonyl (C=O) groups excluding carboxylic acids is 1. The van der Waals surface area contributed by atoms with Crippen LogP contribution >= 0.6 is 0 Å². The van der Waals surface area contributed by atoms with Crippen LogP contribution in [0.25, 0.3) is 6.08 Å². The molecule has 0 bridgehead atoms. The smallest absolute Gasteiger partial charge is 0.294 e. The van der Waals surface area contributed by atoms with Crippen molar-refractivity contribution in [2.45, 2.75) is 43.0 Å². The van der Waals surface area contributed by atoms with Gasteiger partial charge in [0, 0.05) is 17.3 Å². The second kappa shape index (κ2) is 6.46. The predicted octanol–water partition coefficient (Wildman–Crippen LogP) is 0.151. The Morgan fingerprint density at radius 1 is 1.19 bits per heavy atom. The highest BCUT2D eigenvalue weighted by Crippen LogP contribution is 2.14. The van der Waals surface area contributed by atoms with Crippen LogP contribution in [0.1, 0.15) is 32.1 Å². The molecule has 1 aliphatic carbocycles. The quantitative estimate of drug-likeness (QED) is 0.718. The molecule has 1 saturated carbocycles. The zero-order chi connectivity index (χ0) is 15.5. The van der Waals surface area contributed by atoms with Crippen molar-refractivity contribution in [3.8, 4) is 0 Å². The molecule has 7 heteroatoms. The summed E-state index contributed by atoms with van der Waals surface area (Å²) < 4.78 is 30.2. The number of nitrogens with two attached hydrogens (primary N) is 1. The van der Waals surface area contributed by atoms with Gasteiger partial charge in [-0.05, 0) is 31.0 Å². The van der Waals surface area contributed by atoms with E-state index in [4.69, 9.17) is 10.3 Å². The van der Waals surface area contributed by atoms with Crippen LogP contribution in [0.3, 0.4) is 0 Å². The van der Waals surface area contributed by atoms with Gasteiger partial charge in [0.1, 0.15) is 0 Å². The zero-order valence-corrected chi connectivity index (χ0v) is 12.3. The van der Waals surface area contributed by atoms with Gasteiger partial charge in [0.05, 0.1) is 10.3 Å². The minimum absolute atomic E-state index is 0.239. The molecule has 1 aromatic carbocycles. The molecular weight excluding hydrogens is 292 g/mol. The van der Waals surface area contributed by atoms with Crippen LogP contribution in [-0.4, -0.2) is 24.9 Å². The number of amides is 1. The highest BCUT2D eigenvalue weighted by atomic mass is 32.2. The molecule has 3 N–H and O–H groups in total. The first-order chi connectivity index (χ1) is 9.86. The third kappa shape index (κ3) is 4.45. The number of carbonyl (C=O) groups is 1. The Balaban J connectivity index is 0.000000194. The Kier molecular flexibility index (Phi) is 4.87. The summed E-state index contributed by atoms with van der Waals surface area (Å²) in [6.07, 6.45) is 7.88. The van der Waals surface area contributed by atoms with Gasteiger partial charge in [0.2, 0.25) is 0 Å². The van der Waals surface area contributed by atoms with E-state index in [9.17, 15) is 13.2 Å². The van der Waals surface area contributed by atoms with Gasteiger partial charge >= 0.3 is 0 Å². The molecule has 21 heavy (non-hydrogen) atoms. The van der Waals surface area contributed by atoms with Crippen LogP contribution in [0.4, 0.5) is 0 Å². The molecule has 0 unspecified atom stereocenters. The average molecular weight is 310 g/mol. The second-order valence-corrected chi connectivity index (χ2v) is 6.61. The van der Waals surface area contributed by atoms with Crippen molar-refractivity contribution >= 4 is 22.1 Å². The highest BCUT2D eigenvalue weighted by molar-refractivity contribution is 7.85. The van der Waals surface area contributed by atoms with Gasteiger partial charge in [0.15, 0.2) is 0 Å². The Bertz CT molecular complexity index is 750. The van der Waals surface area contributed by atoms with Crippen molar-refractivity contribution in [2.24, 2.45) is 10.7 Å². The van der Waals surface area contributed by atoms with Crippen LogP contribution in [0.2, 0.25) is 0 Å². The fraction of sp³-hybridized carbons (Fsp3) is 0.429. The normalized spacial score (nSPS) is 18.1. The lowest BCUT2D eigenvalue weighted by Crippen LogP contribution is -2.22. The first-order valence-corrected chi connectivity index (χ1v) is 8.28. The fourth-order valence-corrected chi connectivity index (χ4v) is 2.84. The standard InChI is InChI=1S/C8H5NO4S.C6H13N/c10-8-4-5-3-6(14(11,12)13)1-2-7(5)9-8;7-6-4-2-1-3-5-6/h1-4H,(H,11,12,13);6H,1-5,7H2. The van der Waals surface area contributed by atoms with Gasteiger partial charge < -0.3 is 5.73 Å². The van der Waals surface area contributed by atoms with Crippen molar-refractivity contribution in [3.05, 3.63) is 28.8 Å². The Hall–Kier alpha value is -1.57. The molecule has 114 valence electrons. The van der Waals surface area contributed by atoms with Crippen molar-refractivity contribution in [3.63, 3.8) is 0 Å². The summed E-state index contributed by atoms with van der Waals surface area (Å²) in [6.45, 7) is 0. The molecule has 6 nitrogen and oxygen atoms in total. The number of fused-ring (bicyclic) bond motifs is 1. The molecule has 0 atom stereocenters. The van der Waals surface area contributed by atoms with Crippen LogP contribution < -0.4 is 16.3 Å². The molecule has 0 saturated heterocycles. The van der Waals surface area contributed by atoms with Gasteiger partial charge in [-0.25, -0.2) is 4.99 Å². The minimum atomic E-state index is -4.21. The molecule has 0 spiro atoms. The summed E-state index contributed by atoms with van der Waals surface area (Å²) >= 11 is 0. The Morgan fingerprint density at radius 2 is 1.86 bits per heavy atom. The van der Waals surface area contributed by atoms with Gasteiger partial charge in [-0.15, -0.1) is 0 Å². The van der Waals surface area contributed by atoms with Gasteiger partial charge in [-0.3, -0.25) is 9.35 Å². The maximum absolute atomic E-state index is 10.8. The molecule has 1 fully saturated rings. The van der Waals surface area contributed by atoms with Crippen molar-refractivity contribution in [1.29, 1.82) is 0 Å². The van der Waals surface area contributed by atoms with Crippen LogP contribution in [0.15, 0.2) is 28.1 Å². The SMILES string of the molecule is NC1CCCCC1.O=C1C=c2cc(S(=O)(=O)O)ccc2=N1. The summed E-state index contributed by atoms with van der Waals surface area (Å²) in [5.41, 5.74) is 5.63. The summed E-state index contributed by atoms with van der Waals surface area (Å²) in [4.78, 5) is 14.2. The first kappa shape index (κ1) is 15.8. The monoisotopic (exact) mass is 310 g/mol. The molecule has 1 heterocycles. The maximum Gasteiger partial charge on any atom is 0.294 e. The largest absolute Gasteiger partial charge is 0.328 e. The van der Waals surface area contributed by atoms with E-state index in [-0.39, 0.29) is 4.90 Å². The van der Waals surface area contributed by atoms with E-state index in [0.717, 1.165) is 0 Å². The Labute approximate surface area is 123 Å². The summed E-state index contributed by atoms with van der Waals surface area (Å²) in [5.74, 6) is -0.424. The van der Waals surface area contributed by atoms with Crippen LogP contribution in [0, 0.1) is 0 Å². The number of rotatable bonds is 1. The van der Waals surface area contributed by atoms with Crippen molar-refractivity contribution in [2.75, 3.05) is 0 Å². The van der Waals surface area contributed by atoms with Crippen LogP contribution in [0.5, 0.6) is 0 Å². The molecule has 0 aromatic heterocycles. The van der Waals surface area contributed by atoms with Gasteiger partial charge in [-0.1, -0.05) is 19.3 Å². The molecular formula is C14H18N2O4S. The number of hydrogen-bond donors (Lipinski definition) is 2. The number of hydrogen-bond acceptors (Lipinski definition) is 4. The number of benzene rings is 1. The van der Waals surface area contributed by atoms with Gasteiger partial charge in [-0.2, -0.15) is 8.42 Å². The van der Waals surface area contributed by atoms with E-state index in [1.165, 1.54) is 56.4 Å². The maximum atomic E-state index is 10.8. The second-order valence-electron chi connectivity index (χ2n) is 5.19. The lowest BCUT2D eigenvalue weighted by Gasteiger charge is -2.15. The highest BCUT2D eigenvalue weighted by Gasteiger charge is 2.11.